The van der Waals surface area contributed by atoms with Crippen LogP contribution in [-0.4, -0.2) is 16.3 Å². The molecular formula is C37H29N3O2. The molecule has 1 aromatic heterocycles. The number of rotatable bonds is 5. The molecule has 5 heteroatoms. The lowest BCUT2D eigenvalue weighted by atomic mass is 9.86. The Hall–Kier alpha value is -5.47. The van der Waals surface area contributed by atoms with Crippen LogP contribution in [0, 0.1) is 6.57 Å². The summed E-state index contributed by atoms with van der Waals surface area (Å²) in [5.41, 5.74) is 9.33. The highest BCUT2D eigenvalue weighted by atomic mass is 16.3. The Morgan fingerprint density at radius 1 is 0.786 bits per heavy atom. The van der Waals surface area contributed by atoms with Crippen molar-refractivity contribution >= 4 is 28.7 Å². The van der Waals surface area contributed by atoms with Crippen LogP contribution in [0.15, 0.2) is 119 Å². The normalized spacial score (nSPS) is 11.7. The minimum atomic E-state index is -0.0489. The first kappa shape index (κ1) is 26.7. The van der Waals surface area contributed by atoms with E-state index in [2.05, 4.69) is 43.8 Å². The summed E-state index contributed by atoms with van der Waals surface area (Å²) < 4.78 is 6.27. The number of aliphatic imine (C=N–C) groups is 1. The van der Waals surface area contributed by atoms with Gasteiger partial charge in [0.1, 0.15) is 11.3 Å². The number of aromatic hydroxyl groups is 1. The second-order valence-electron chi connectivity index (χ2n) is 11.2. The molecule has 0 fully saturated rings. The van der Waals surface area contributed by atoms with Crippen molar-refractivity contribution in [2.75, 3.05) is 0 Å². The van der Waals surface area contributed by atoms with Crippen molar-refractivity contribution in [2.24, 2.45) is 4.99 Å². The maximum absolute atomic E-state index is 10.5. The smallest absolute Gasteiger partial charge is 0.229 e. The van der Waals surface area contributed by atoms with Crippen LogP contribution < -0.4 is 0 Å². The molecule has 6 rings (SSSR count). The highest BCUT2D eigenvalue weighted by Gasteiger charge is 2.17. The highest BCUT2D eigenvalue weighted by molar-refractivity contribution is 5.94. The van der Waals surface area contributed by atoms with Crippen molar-refractivity contribution in [1.82, 2.24) is 4.98 Å². The van der Waals surface area contributed by atoms with E-state index in [-0.39, 0.29) is 11.2 Å². The summed E-state index contributed by atoms with van der Waals surface area (Å²) in [6.45, 7) is 13.6. The van der Waals surface area contributed by atoms with Gasteiger partial charge in [-0.15, -0.1) is 0 Å². The minimum absolute atomic E-state index is 0.0489. The SMILES string of the molecule is [C-]#[N+]c1ccc(-c2cccc(-c3cccc4oc(-c5ccccc5N=Cc5cc(C(C)(C)C)ccc5O)nc34)c2)cc1. The van der Waals surface area contributed by atoms with Crippen LogP contribution in [-0.2, 0) is 5.41 Å². The number of hydrogen-bond donors (Lipinski definition) is 1. The Labute approximate surface area is 245 Å². The fraction of sp³-hybridized carbons (Fsp3) is 0.108. The lowest BCUT2D eigenvalue weighted by Gasteiger charge is -2.19. The van der Waals surface area contributed by atoms with Gasteiger partial charge in [-0.3, -0.25) is 4.99 Å². The van der Waals surface area contributed by atoms with Crippen molar-refractivity contribution in [2.45, 2.75) is 26.2 Å². The molecule has 42 heavy (non-hydrogen) atoms. The molecule has 0 radical (unpaired) electrons. The Balaban J connectivity index is 1.38. The third-order valence-electron chi connectivity index (χ3n) is 7.29. The molecule has 204 valence electrons. The molecule has 0 saturated carbocycles. The molecule has 5 aromatic carbocycles. The van der Waals surface area contributed by atoms with Crippen molar-refractivity contribution in [3.05, 3.63) is 132 Å². The van der Waals surface area contributed by atoms with Gasteiger partial charge in [0, 0.05) is 17.3 Å². The maximum atomic E-state index is 10.5. The second-order valence-corrected chi connectivity index (χ2v) is 11.2. The van der Waals surface area contributed by atoms with Crippen molar-refractivity contribution in [3.8, 4) is 39.5 Å². The van der Waals surface area contributed by atoms with Gasteiger partial charge in [-0.1, -0.05) is 93.6 Å². The van der Waals surface area contributed by atoms with E-state index in [0.29, 0.717) is 28.4 Å². The molecule has 0 aliphatic carbocycles. The Morgan fingerprint density at radius 3 is 2.31 bits per heavy atom. The lowest BCUT2D eigenvalue weighted by Crippen LogP contribution is -2.11. The lowest BCUT2D eigenvalue weighted by molar-refractivity contribution is 0.473. The van der Waals surface area contributed by atoms with Gasteiger partial charge in [-0.25, -0.2) is 9.83 Å². The average Bonchev–Trinajstić information content (AvgIpc) is 3.45. The molecular weight excluding hydrogens is 518 g/mol. The van der Waals surface area contributed by atoms with Crippen LogP contribution in [0.3, 0.4) is 0 Å². The number of hydrogen-bond acceptors (Lipinski definition) is 4. The van der Waals surface area contributed by atoms with E-state index in [1.54, 1.807) is 12.3 Å². The zero-order valence-corrected chi connectivity index (χ0v) is 23.7. The van der Waals surface area contributed by atoms with Gasteiger partial charge in [0.15, 0.2) is 11.3 Å². The number of aromatic nitrogens is 1. The number of fused-ring (bicyclic) bond motifs is 1. The molecule has 0 unspecified atom stereocenters. The van der Waals surface area contributed by atoms with E-state index in [1.807, 2.05) is 84.9 Å². The summed E-state index contributed by atoms with van der Waals surface area (Å²) >= 11 is 0. The van der Waals surface area contributed by atoms with Crippen molar-refractivity contribution < 1.29 is 9.52 Å². The molecule has 0 amide bonds. The second kappa shape index (κ2) is 10.8. The summed E-state index contributed by atoms with van der Waals surface area (Å²) in [4.78, 5) is 13.2. The standard InChI is InChI=1S/C37H29N3O2/c1-37(2,3)28-17-20-33(41)27(22-28)23-39-32-13-6-5-11-31(32)36-40-35-30(12-8-14-34(35)42-36)26-10-7-9-25(21-26)24-15-18-29(38-4)19-16-24/h5-23,41H,1-3H3. The van der Waals surface area contributed by atoms with E-state index in [1.165, 1.54) is 0 Å². The average molecular weight is 548 g/mol. The van der Waals surface area contributed by atoms with Gasteiger partial charge in [0.05, 0.1) is 17.8 Å². The highest BCUT2D eigenvalue weighted by Crippen LogP contribution is 2.37. The Bertz CT molecular complexity index is 1990. The first-order chi connectivity index (χ1) is 20.3. The first-order valence-electron chi connectivity index (χ1n) is 13.7. The summed E-state index contributed by atoms with van der Waals surface area (Å²) in [7, 11) is 0. The predicted molar refractivity (Wildman–Crippen MR) is 171 cm³/mol. The van der Waals surface area contributed by atoms with Crippen LogP contribution in [0.1, 0.15) is 31.9 Å². The van der Waals surface area contributed by atoms with Crippen LogP contribution in [0.2, 0.25) is 0 Å². The van der Waals surface area contributed by atoms with E-state index in [9.17, 15) is 5.11 Å². The molecule has 0 spiro atoms. The molecule has 1 heterocycles. The Kier molecular flexibility index (Phi) is 6.90. The molecule has 0 aliphatic heterocycles. The van der Waals surface area contributed by atoms with Gasteiger partial charge in [-0.05, 0) is 64.1 Å². The third kappa shape index (κ3) is 5.31. The van der Waals surface area contributed by atoms with Crippen LogP contribution in [0.4, 0.5) is 11.4 Å². The summed E-state index contributed by atoms with van der Waals surface area (Å²) in [6.07, 6.45) is 1.69. The summed E-state index contributed by atoms with van der Waals surface area (Å²) in [6, 6.07) is 35.2. The van der Waals surface area contributed by atoms with E-state index >= 15 is 0 Å². The van der Waals surface area contributed by atoms with Crippen molar-refractivity contribution in [1.29, 1.82) is 0 Å². The number of para-hydroxylation sites is 2. The summed E-state index contributed by atoms with van der Waals surface area (Å²) in [5.74, 6) is 0.657. The maximum Gasteiger partial charge on any atom is 0.229 e. The molecule has 0 saturated heterocycles. The van der Waals surface area contributed by atoms with E-state index in [4.69, 9.17) is 21.0 Å². The molecule has 6 aromatic rings. The van der Waals surface area contributed by atoms with Crippen LogP contribution >= 0.6 is 0 Å². The summed E-state index contributed by atoms with van der Waals surface area (Å²) in [5, 5.41) is 10.5. The minimum Gasteiger partial charge on any atom is -0.507 e. The van der Waals surface area contributed by atoms with Crippen molar-refractivity contribution in [3.63, 3.8) is 0 Å². The predicted octanol–water partition coefficient (Wildman–Crippen LogP) is 10.1. The van der Waals surface area contributed by atoms with E-state index < -0.39 is 0 Å². The molecule has 0 atom stereocenters. The molecule has 1 N–H and O–H groups in total. The Morgan fingerprint density at radius 2 is 1.52 bits per heavy atom. The van der Waals surface area contributed by atoms with Gasteiger partial charge < -0.3 is 9.52 Å². The molecule has 0 bridgehead atoms. The fourth-order valence-corrected chi connectivity index (χ4v) is 4.92. The molecule has 0 aliphatic rings. The first-order valence-corrected chi connectivity index (χ1v) is 13.7. The van der Waals surface area contributed by atoms with Crippen LogP contribution in [0.5, 0.6) is 5.75 Å². The van der Waals surface area contributed by atoms with Gasteiger partial charge >= 0.3 is 0 Å². The number of phenolic OH excluding ortho intramolecular Hbond substituents is 1. The topological polar surface area (TPSA) is 63.0 Å². The number of phenols is 1. The van der Waals surface area contributed by atoms with E-state index in [0.717, 1.165) is 38.9 Å². The number of oxazole rings is 1. The fourth-order valence-electron chi connectivity index (χ4n) is 4.92. The zero-order chi connectivity index (χ0) is 29.3. The number of nitrogens with zero attached hydrogens (tertiary/aromatic N) is 3. The van der Waals surface area contributed by atoms with Gasteiger partial charge in [0.25, 0.3) is 0 Å². The number of benzene rings is 5. The monoisotopic (exact) mass is 547 g/mol. The van der Waals surface area contributed by atoms with Crippen LogP contribution in [0.25, 0.3) is 49.7 Å². The molecule has 5 nitrogen and oxygen atoms in total. The van der Waals surface area contributed by atoms with Gasteiger partial charge in [-0.2, -0.15) is 0 Å². The zero-order valence-electron chi connectivity index (χ0n) is 23.7. The van der Waals surface area contributed by atoms with Gasteiger partial charge in [0.2, 0.25) is 5.89 Å². The third-order valence-corrected chi connectivity index (χ3v) is 7.29. The quantitative estimate of drug-likeness (QED) is 0.172. The largest absolute Gasteiger partial charge is 0.507 e.